The zero-order valence-corrected chi connectivity index (χ0v) is 25.1. The van der Waals surface area contributed by atoms with Crippen molar-refractivity contribution in [3.05, 3.63) is 60.2 Å². The Morgan fingerprint density at radius 2 is 1.82 bits per heavy atom. The first kappa shape index (κ1) is 32.1. The predicted octanol–water partition coefficient (Wildman–Crippen LogP) is 2.51. The minimum atomic E-state index is -4.32. The van der Waals surface area contributed by atoms with Crippen LogP contribution in [0.1, 0.15) is 37.7 Å². The number of hydroxylamine groups is 1. The quantitative estimate of drug-likeness (QED) is 0.225. The second-order valence-corrected chi connectivity index (χ2v) is 13.1. The number of fused-ring (bicyclic) bond motifs is 1. The number of ether oxygens (including phenoxy) is 3. The van der Waals surface area contributed by atoms with Gasteiger partial charge in [0.2, 0.25) is 0 Å². The fourth-order valence-electron chi connectivity index (χ4n) is 5.72. The molecule has 2 saturated heterocycles. The summed E-state index contributed by atoms with van der Waals surface area (Å²) in [5.74, 6) is -1.17. The Labute approximate surface area is 256 Å². The molecule has 0 bridgehead atoms. The van der Waals surface area contributed by atoms with Gasteiger partial charge in [-0.25, -0.2) is 13.2 Å². The van der Waals surface area contributed by atoms with Crippen LogP contribution in [-0.4, -0.2) is 92.1 Å². The summed E-state index contributed by atoms with van der Waals surface area (Å²) < 4.78 is 45.3. The number of aliphatic carboxylic acids is 1. The molecular formula is C30H39N3O10S. The fourth-order valence-corrected chi connectivity index (χ4v) is 7.07. The molecule has 0 aromatic heterocycles. The summed E-state index contributed by atoms with van der Waals surface area (Å²) in [5.41, 5.74) is 1.11. The minimum Gasteiger partial charge on any atom is -0.480 e. The third-order valence-corrected chi connectivity index (χ3v) is 9.68. The van der Waals surface area contributed by atoms with E-state index in [1.54, 1.807) is 6.07 Å². The number of aliphatic hydroxyl groups excluding tert-OH is 1. The Bertz CT molecular complexity index is 1370. The van der Waals surface area contributed by atoms with E-state index in [9.17, 15) is 23.1 Å². The fraction of sp³-hybridized carbons (Fsp3) is 0.533. The highest BCUT2D eigenvalue weighted by atomic mass is 32.2. The molecule has 2 aromatic carbocycles. The van der Waals surface area contributed by atoms with Crippen LogP contribution in [0.2, 0.25) is 0 Å². The van der Waals surface area contributed by atoms with E-state index >= 15 is 0 Å². The smallest absolute Gasteiger partial charge is 0.407 e. The lowest BCUT2D eigenvalue weighted by atomic mass is 10.0. The topological polar surface area (TPSA) is 173 Å². The van der Waals surface area contributed by atoms with Gasteiger partial charge in [0.15, 0.2) is 6.29 Å². The number of rotatable bonds is 14. The molecule has 1 amide bonds. The molecule has 5 rings (SSSR count). The maximum Gasteiger partial charge on any atom is 0.407 e. The van der Waals surface area contributed by atoms with E-state index in [4.69, 9.17) is 24.2 Å². The van der Waals surface area contributed by atoms with Crippen molar-refractivity contribution in [1.29, 1.82) is 0 Å². The van der Waals surface area contributed by atoms with Crippen LogP contribution in [0, 0.1) is 5.92 Å². The lowest BCUT2D eigenvalue weighted by molar-refractivity contribution is -0.145. The maximum atomic E-state index is 13.9. The summed E-state index contributed by atoms with van der Waals surface area (Å²) in [6.07, 6.45) is 0.588. The molecule has 14 heteroatoms. The molecule has 44 heavy (non-hydrogen) atoms. The number of carboxylic acids is 1. The summed E-state index contributed by atoms with van der Waals surface area (Å²) >= 11 is 0. The second kappa shape index (κ2) is 14.7. The van der Waals surface area contributed by atoms with Gasteiger partial charge in [0.1, 0.15) is 12.6 Å². The largest absolute Gasteiger partial charge is 0.480 e. The molecule has 2 aromatic rings. The van der Waals surface area contributed by atoms with Crippen LogP contribution in [0.5, 0.6) is 0 Å². The molecule has 0 radical (unpaired) electrons. The van der Waals surface area contributed by atoms with Gasteiger partial charge in [0, 0.05) is 5.69 Å². The van der Waals surface area contributed by atoms with E-state index in [1.807, 2.05) is 30.3 Å². The second-order valence-electron chi connectivity index (χ2n) is 11.3. The Hall–Kier alpha value is -3.27. The number of carboxylic acid groups (broad SMARTS) is 1. The van der Waals surface area contributed by atoms with Crippen LogP contribution < -0.4 is 10.6 Å². The molecule has 3 fully saturated rings. The van der Waals surface area contributed by atoms with Crippen molar-refractivity contribution in [2.24, 2.45) is 5.92 Å². The Kier molecular flexibility index (Phi) is 10.7. The van der Waals surface area contributed by atoms with Crippen LogP contribution in [0.3, 0.4) is 0 Å². The zero-order valence-electron chi connectivity index (χ0n) is 24.2. The van der Waals surface area contributed by atoms with Crippen LogP contribution in [0.15, 0.2) is 59.5 Å². The highest BCUT2D eigenvalue weighted by Crippen LogP contribution is 2.33. The molecule has 0 unspecified atom stereocenters. The van der Waals surface area contributed by atoms with Crippen molar-refractivity contribution < 1.29 is 47.3 Å². The summed E-state index contributed by atoms with van der Waals surface area (Å²) in [4.78, 5) is 29.9. The summed E-state index contributed by atoms with van der Waals surface area (Å²) in [6, 6.07) is 14.0. The van der Waals surface area contributed by atoms with Gasteiger partial charge in [-0.2, -0.15) is 0 Å². The van der Waals surface area contributed by atoms with E-state index in [1.165, 1.54) is 18.2 Å². The van der Waals surface area contributed by atoms with Gasteiger partial charge in [-0.15, -0.1) is 0 Å². The third-order valence-electron chi connectivity index (χ3n) is 8.06. The van der Waals surface area contributed by atoms with Crippen LogP contribution >= 0.6 is 0 Å². The number of benzene rings is 2. The van der Waals surface area contributed by atoms with Gasteiger partial charge in [0.25, 0.3) is 10.0 Å². The molecule has 5 atom stereocenters. The van der Waals surface area contributed by atoms with Crippen molar-refractivity contribution in [3.8, 4) is 0 Å². The third kappa shape index (κ3) is 8.25. The minimum absolute atomic E-state index is 0.0700. The molecule has 240 valence electrons. The lowest BCUT2D eigenvalue weighted by Gasteiger charge is -2.31. The standard InChI is InChI=1S/C30H39N3O10S/c34-26(25(15-20-7-2-1-3-8-20)32-30(37)42-27-19-41-29-24(27)13-14-40-29)18-33(43-22-10-4-5-11-22)44(38,39)23-12-6-9-21(16-23)31-17-28(35)36/h1-3,6-9,12,16,22,24-27,29,31,34H,4-5,10-11,13-15,17-19H2,(H,32,37)(H,35,36)/t24-,25+,26-,27-,29+/m1/s1. The molecule has 2 heterocycles. The number of carbonyl (C=O) groups is 2. The number of nitrogens with zero attached hydrogens (tertiary/aromatic N) is 1. The summed E-state index contributed by atoms with van der Waals surface area (Å²) in [5, 5.41) is 25.9. The van der Waals surface area contributed by atoms with E-state index < -0.39 is 59.7 Å². The molecule has 0 spiro atoms. The monoisotopic (exact) mass is 633 g/mol. The number of sulfonamides is 1. The molecule has 4 N–H and O–H groups in total. The molecular weight excluding hydrogens is 594 g/mol. The molecule has 1 saturated carbocycles. The molecule has 2 aliphatic heterocycles. The van der Waals surface area contributed by atoms with Crippen molar-refractivity contribution in [3.63, 3.8) is 0 Å². The zero-order chi connectivity index (χ0) is 31.1. The maximum absolute atomic E-state index is 13.9. The van der Waals surface area contributed by atoms with E-state index in [0.29, 0.717) is 31.6 Å². The van der Waals surface area contributed by atoms with Crippen molar-refractivity contribution >= 4 is 27.8 Å². The lowest BCUT2D eigenvalue weighted by Crippen LogP contribution is -2.51. The van der Waals surface area contributed by atoms with Crippen molar-refractivity contribution in [2.75, 3.05) is 31.6 Å². The van der Waals surface area contributed by atoms with E-state index in [-0.39, 0.29) is 29.9 Å². The normalized spacial score (nSPS) is 23.3. The molecule has 13 nitrogen and oxygen atoms in total. The van der Waals surface area contributed by atoms with E-state index in [0.717, 1.165) is 22.9 Å². The Morgan fingerprint density at radius 1 is 1.05 bits per heavy atom. The number of aliphatic hydroxyl groups is 1. The average molecular weight is 634 g/mol. The van der Waals surface area contributed by atoms with Crippen LogP contribution in [0.25, 0.3) is 0 Å². The highest BCUT2D eigenvalue weighted by molar-refractivity contribution is 7.89. The van der Waals surface area contributed by atoms with E-state index in [2.05, 4.69) is 10.6 Å². The van der Waals surface area contributed by atoms with Gasteiger partial charge in [-0.05, 0) is 49.4 Å². The van der Waals surface area contributed by atoms with Crippen molar-refractivity contribution in [1.82, 2.24) is 9.79 Å². The highest BCUT2D eigenvalue weighted by Gasteiger charge is 2.44. The number of hydrogen-bond acceptors (Lipinski definition) is 10. The Morgan fingerprint density at radius 3 is 2.57 bits per heavy atom. The first-order chi connectivity index (χ1) is 21.2. The number of carbonyl (C=O) groups excluding carboxylic acids is 1. The van der Waals surface area contributed by atoms with Crippen LogP contribution in [-0.2, 0) is 40.3 Å². The molecule has 3 aliphatic rings. The number of nitrogens with one attached hydrogen (secondary N) is 2. The number of anilines is 1. The number of alkyl carbamates (subject to hydrolysis) is 1. The van der Waals surface area contributed by atoms with Gasteiger partial charge < -0.3 is 35.1 Å². The first-order valence-electron chi connectivity index (χ1n) is 14.9. The van der Waals surface area contributed by atoms with Crippen LogP contribution in [0.4, 0.5) is 10.5 Å². The Balaban J connectivity index is 1.34. The SMILES string of the molecule is O=C(O)CNc1cccc(S(=O)(=O)N(C[C@@H](O)[C@H](Cc2ccccc2)NC(=O)O[C@@H]2CO[C@@H]3OCC[C@@H]32)OC2CCCC2)c1. The van der Waals surface area contributed by atoms with Gasteiger partial charge in [-0.1, -0.05) is 53.7 Å². The number of amides is 1. The summed E-state index contributed by atoms with van der Waals surface area (Å²) in [6.45, 7) is -0.143. The van der Waals surface area contributed by atoms with Crippen molar-refractivity contribution in [2.45, 2.75) is 74.1 Å². The van der Waals surface area contributed by atoms with Gasteiger partial charge in [-0.3, -0.25) is 9.63 Å². The number of hydrogen-bond donors (Lipinski definition) is 4. The first-order valence-corrected chi connectivity index (χ1v) is 16.3. The van der Waals surface area contributed by atoms with Gasteiger partial charge >= 0.3 is 12.1 Å². The summed E-state index contributed by atoms with van der Waals surface area (Å²) in [7, 11) is -4.32. The average Bonchev–Trinajstić information content (AvgIpc) is 3.77. The van der Waals surface area contributed by atoms with Gasteiger partial charge in [0.05, 0.1) is 48.8 Å². The predicted molar refractivity (Wildman–Crippen MR) is 157 cm³/mol. The molecule has 1 aliphatic carbocycles.